The van der Waals surface area contributed by atoms with Gasteiger partial charge in [-0.1, -0.05) is 0 Å². The maximum Gasteiger partial charge on any atom is 0.250 e. The minimum absolute atomic E-state index is 0.334. The Morgan fingerprint density at radius 3 is 2.67 bits per heavy atom. The molecule has 1 atom stereocenters. The van der Waals surface area contributed by atoms with Crippen molar-refractivity contribution in [3.05, 3.63) is 0 Å². The normalized spacial score (nSPS) is 23.9. The van der Waals surface area contributed by atoms with Crippen molar-refractivity contribution in [1.82, 2.24) is 10.0 Å². The Kier molecular flexibility index (Phi) is 2.69. The average molecular weight is 192 g/mol. The number of rotatable bonds is 2. The molecule has 1 aliphatic rings. The molecule has 0 aromatic rings. The number of amides is 1. The zero-order valence-electron chi connectivity index (χ0n) is 6.83. The van der Waals surface area contributed by atoms with Crippen molar-refractivity contribution in [2.75, 3.05) is 12.8 Å². The van der Waals surface area contributed by atoms with Gasteiger partial charge in [0.1, 0.15) is 0 Å². The van der Waals surface area contributed by atoms with Gasteiger partial charge in [-0.15, -0.1) is 0 Å². The van der Waals surface area contributed by atoms with Gasteiger partial charge in [-0.2, -0.15) is 0 Å². The van der Waals surface area contributed by atoms with Crippen LogP contribution in [0.25, 0.3) is 0 Å². The van der Waals surface area contributed by atoms with Gasteiger partial charge in [-0.05, 0) is 19.4 Å². The minimum Gasteiger partial charge on any atom is -0.306 e. The zero-order chi connectivity index (χ0) is 9.19. The molecule has 1 amide bonds. The molecule has 2 N–H and O–H groups in total. The lowest BCUT2D eigenvalue weighted by molar-refractivity contribution is -0.120. The van der Waals surface area contributed by atoms with Crippen LogP contribution in [0.2, 0.25) is 0 Å². The first kappa shape index (κ1) is 9.47. The first-order valence-corrected chi connectivity index (χ1v) is 5.63. The Bertz CT molecular complexity index is 267. The molecule has 5 nitrogen and oxygen atoms in total. The summed E-state index contributed by atoms with van der Waals surface area (Å²) >= 11 is 0. The predicted octanol–water partition coefficient (Wildman–Crippen LogP) is -1.19. The summed E-state index contributed by atoms with van der Waals surface area (Å²) in [4.78, 5) is 11.1. The average Bonchev–Trinajstić information content (AvgIpc) is 2.32. The summed E-state index contributed by atoms with van der Waals surface area (Å²) < 4.78 is 23.2. The van der Waals surface area contributed by atoms with E-state index in [1.807, 2.05) is 4.72 Å². The van der Waals surface area contributed by atoms with Crippen molar-refractivity contribution < 1.29 is 13.2 Å². The second-order valence-corrected chi connectivity index (χ2v) is 4.64. The molecule has 6 heteroatoms. The Morgan fingerprint density at radius 2 is 2.25 bits per heavy atom. The smallest absolute Gasteiger partial charge is 0.250 e. The highest BCUT2D eigenvalue weighted by molar-refractivity contribution is 7.89. The van der Waals surface area contributed by atoms with Gasteiger partial charge in [-0.3, -0.25) is 9.52 Å². The van der Waals surface area contributed by atoms with E-state index in [4.69, 9.17) is 0 Å². The maximum atomic E-state index is 11.1. The standard InChI is InChI=1S/C6H12N2O3S/c1-12(10,11)8-6(9)5-3-2-4-7-5/h5,7H,2-4H2,1H3,(H,8,9)/t5-/m1/s1. The quantitative estimate of drug-likeness (QED) is 0.577. The van der Waals surface area contributed by atoms with Crippen molar-refractivity contribution in [2.24, 2.45) is 0 Å². The highest BCUT2D eigenvalue weighted by Gasteiger charge is 2.23. The Hall–Kier alpha value is -0.620. The lowest BCUT2D eigenvalue weighted by Gasteiger charge is -2.08. The van der Waals surface area contributed by atoms with Gasteiger partial charge in [-0.25, -0.2) is 8.42 Å². The molecule has 0 radical (unpaired) electrons. The molecular formula is C6H12N2O3S. The first-order valence-electron chi connectivity index (χ1n) is 3.74. The monoisotopic (exact) mass is 192 g/mol. The van der Waals surface area contributed by atoms with Crippen molar-refractivity contribution in [2.45, 2.75) is 18.9 Å². The molecule has 70 valence electrons. The SMILES string of the molecule is CS(=O)(=O)NC(=O)[C@H]1CCCN1. The Balaban J connectivity index is 2.48. The molecule has 1 heterocycles. The van der Waals surface area contributed by atoms with Crippen LogP contribution in [0.4, 0.5) is 0 Å². The summed E-state index contributed by atoms with van der Waals surface area (Å²) in [6.45, 7) is 0.780. The fraction of sp³-hybridized carbons (Fsp3) is 0.833. The minimum atomic E-state index is -3.40. The van der Waals surface area contributed by atoms with Crippen LogP contribution >= 0.6 is 0 Å². The third-order valence-corrected chi connectivity index (χ3v) is 2.23. The number of sulfonamides is 1. The van der Waals surface area contributed by atoms with Crippen LogP contribution < -0.4 is 10.0 Å². The van der Waals surface area contributed by atoms with E-state index in [2.05, 4.69) is 5.32 Å². The molecule has 0 saturated carbocycles. The van der Waals surface area contributed by atoms with E-state index >= 15 is 0 Å². The van der Waals surface area contributed by atoms with Crippen molar-refractivity contribution in [3.63, 3.8) is 0 Å². The van der Waals surface area contributed by atoms with Crippen LogP contribution in [0.3, 0.4) is 0 Å². The maximum absolute atomic E-state index is 11.1. The number of hydrogen-bond donors (Lipinski definition) is 2. The third-order valence-electron chi connectivity index (χ3n) is 1.66. The van der Waals surface area contributed by atoms with Crippen molar-refractivity contribution >= 4 is 15.9 Å². The summed E-state index contributed by atoms with van der Waals surface area (Å²) in [5, 5.41) is 2.90. The molecule has 1 aliphatic heterocycles. The fourth-order valence-electron chi connectivity index (χ4n) is 1.16. The van der Waals surface area contributed by atoms with Gasteiger partial charge in [0.2, 0.25) is 10.0 Å². The third kappa shape index (κ3) is 2.78. The molecule has 1 fully saturated rings. The number of hydrogen-bond acceptors (Lipinski definition) is 4. The largest absolute Gasteiger partial charge is 0.306 e. The van der Waals surface area contributed by atoms with Gasteiger partial charge < -0.3 is 5.32 Å². The van der Waals surface area contributed by atoms with Crippen molar-refractivity contribution in [3.8, 4) is 0 Å². The summed E-state index contributed by atoms with van der Waals surface area (Å²) in [7, 11) is -3.40. The Labute approximate surface area is 71.6 Å². The molecule has 12 heavy (non-hydrogen) atoms. The molecular weight excluding hydrogens is 180 g/mol. The molecule has 0 unspecified atom stereocenters. The van der Waals surface area contributed by atoms with Crippen LogP contribution in [0, 0.1) is 0 Å². The molecule has 1 saturated heterocycles. The molecule has 1 rings (SSSR count). The predicted molar refractivity (Wildman–Crippen MR) is 44.0 cm³/mol. The van der Waals surface area contributed by atoms with E-state index in [-0.39, 0.29) is 6.04 Å². The van der Waals surface area contributed by atoms with Crippen LogP contribution in [0.15, 0.2) is 0 Å². The van der Waals surface area contributed by atoms with E-state index in [1.54, 1.807) is 0 Å². The van der Waals surface area contributed by atoms with Crippen LogP contribution in [0.5, 0.6) is 0 Å². The molecule has 0 aromatic heterocycles. The van der Waals surface area contributed by atoms with Gasteiger partial charge in [0, 0.05) is 0 Å². The number of nitrogens with one attached hydrogen (secondary N) is 2. The number of carbonyl (C=O) groups excluding carboxylic acids is 1. The van der Waals surface area contributed by atoms with Gasteiger partial charge in [0.05, 0.1) is 12.3 Å². The lowest BCUT2D eigenvalue weighted by atomic mass is 10.2. The first-order chi connectivity index (χ1) is 5.49. The summed E-state index contributed by atoms with van der Waals surface area (Å²) in [6.07, 6.45) is 2.60. The Morgan fingerprint density at radius 1 is 1.58 bits per heavy atom. The summed E-state index contributed by atoms with van der Waals surface area (Å²) in [5.74, 6) is -0.449. The summed E-state index contributed by atoms with van der Waals surface area (Å²) in [5.41, 5.74) is 0. The van der Waals surface area contributed by atoms with Crippen LogP contribution in [0.1, 0.15) is 12.8 Å². The van der Waals surface area contributed by atoms with E-state index in [9.17, 15) is 13.2 Å². The van der Waals surface area contributed by atoms with E-state index in [0.29, 0.717) is 6.42 Å². The lowest BCUT2D eigenvalue weighted by Crippen LogP contribution is -2.42. The fourth-order valence-corrected chi connectivity index (χ4v) is 1.67. The molecule has 0 aliphatic carbocycles. The number of carbonyl (C=O) groups is 1. The van der Waals surface area contributed by atoms with Gasteiger partial charge in [0.15, 0.2) is 0 Å². The van der Waals surface area contributed by atoms with E-state index in [1.165, 1.54) is 0 Å². The van der Waals surface area contributed by atoms with Crippen LogP contribution in [-0.4, -0.2) is 33.2 Å². The highest BCUT2D eigenvalue weighted by atomic mass is 32.2. The second kappa shape index (κ2) is 3.40. The molecule has 0 bridgehead atoms. The summed E-state index contributed by atoms with van der Waals surface area (Å²) in [6, 6.07) is -0.334. The van der Waals surface area contributed by atoms with Gasteiger partial charge in [0.25, 0.3) is 5.91 Å². The highest BCUT2D eigenvalue weighted by Crippen LogP contribution is 2.04. The van der Waals surface area contributed by atoms with E-state index in [0.717, 1.165) is 19.2 Å². The van der Waals surface area contributed by atoms with E-state index < -0.39 is 15.9 Å². The molecule has 0 spiro atoms. The van der Waals surface area contributed by atoms with Crippen LogP contribution in [-0.2, 0) is 14.8 Å². The zero-order valence-corrected chi connectivity index (χ0v) is 7.65. The topological polar surface area (TPSA) is 75.3 Å². The second-order valence-electron chi connectivity index (χ2n) is 2.89. The van der Waals surface area contributed by atoms with Crippen molar-refractivity contribution in [1.29, 1.82) is 0 Å². The molecule has 0 aromatic carbocycles. The van der Waals surface area contributed by atoms with Gasteiger partial charge >= 0.3 is 0 Å².